The molecule has 0 fully saturated rings. The molecule has 2 N–H and O–H groups in total. The lowest BCUT2D eigenvalue weighted by atomic mass is 10.3. The number of carbonyl (C=O) groups is 1. The third-order valence-corrected chi connectivity index (χ3v) is 4.38. The molecule has 1 heterocycles. The molecule has 6 heteroatoms. The van der Waals surface area contributed by atoms with E-state index in [0.29, 0.717) is 12.3 Å². The molecule has 1 amide bonds. The fourth-order valence-electron chi connectivity index (χ4n) is 1.35. The fourth-order valence-corrected chi connectivity index (χ4v) is 3.25. The number of amides is 1. The summed E-state index contributed by atoms with van der Waals surface area (Å²) in [6.07, 6.45) is -0.513. The molecule has 0 radical (unpaired) electrons. The predicted octanol–water partition coefficient (Wildman–Crippen LogP) is 1.89. The Morgan fingerprint density at radius 3 is 3.06 bits per heavy atom. The van der Waals surface area contributed by atoms with Gasteiger partial charge in [0.1, 0.15) is 0 Å². The van der Waals surface area contributed by atoms with E-state index in [-0.39, 0.29) is 5.91 Å². The Bertz CT molecular complexity index is 507. The number of hydrogen-bond acceptors (Lipinski definition) is 5. The van der Waals surface area contributed by atoms with Crippen molar-refractivity contribution in [3.63, 3.8) is 0 Å². The molecule has 1 aromatic heterocycles. The average Bonchev–Trinajstić information content (AvgIpc) is 2.76. The number of nitrogens with zero attached hydrogens (tertiary/aromatic N) is 1. The molecule has 0 aliphatic carbocycles. The van der Waals surface area contributed by atoms with Crippen LogP contribution in [0.4, 0.5) is 0 Å². The summed E-state index contributed by atoms with van der Waals surface area (Å²) in [6, 6.07) is 7.91. The summed E-state index contributed by atoms with van der Waals surface area (Å²) in [5, 5.41) is 11.7. The zero-order chi connectivity index (χ0) is 13.0. The third-order valence-electron chi connectivity index (χ3n) is 2.20. The van der Waals surface area contributed by atoms with Crippen molar-refractivity contribution in [2.45, 2.75) is 17.4 Å². The third kappa shape index (κ3) is 3.69. The predicted molar refractivity (Wildman–Crippen MR) is 75.0 cm³/mol. The highest BCUT2D eigenvalue weighted by molar-refractivity contribution is 8.01. The first kappa shape index (κ1) is 13.3. The maximum absolute atomic E-state index is 11.5. The van der Waals surface area contributed by atoms with Crippen LogP contribution in [0.5, 0.6) is 0 Å². The SMILES string of the molecule is C[C@@H](O)CNC(=O)CSc1nc2ccccc2s1. The lowest BCUT2D eigenvalue weighted by Crippen LogP contribution is -2.31. The smallest absolute Gasteiger partial charge is 0.230 e. The van der Waals surface area contributed by atoms with Gasteiger partial charge >= 0.3 is 0 Å². The Hall–Kier alpha value is -1.11. The fraction of sp³-hybridized carbons (Fsp3) is 0.333. The van der Waals surface area contributed by atoms with E-state index in [9.17, 15) is 4.79 Å². The first-order valence-corrected chi connectivity index (χ1v) is 7.38. The minimum atomic E-state index is -0.513. The monoisotopic (exact) mass is 282 g/mol. The highest BCUT2D eigenvalue weighted by Crippen LogP contribution is 2.28. The van der Waals surface area contributed by atoms with Crippen molar-refractivity contribution in [1.82, 2.24) is 10.3 Å². The van der Waals surface area contributed by atoms with Crippen molar-refractivity contribution in [3.05, 3.63) is 24.3 Å². The summed E-state index contributed by atoms with van der Waals surface area (Å²) < 4.78 is 2.02. The number of thioether (sulfide) groups is 1. The van der Waals surface area contributed by atoms with Crippen molar-refractivity contribution in [2.24, 2.45) is 0 Å². The van der Waals surface area contributed by atoms with E-state index < -0.39 is 6.10 Å². The Morgan fingerprint density at radius 1 is 1.56 bits per heavy atom. The first-order valence-electron chi connectivity index (χ1n) is 5.58. The number of nitrogens with one attached hydrogen (secondary N) is 1. The number of thiazole rings is 1. The number of carbonyl (C=O) groups excluding carboxylic acids is 1. The van der Waals surface area contributed by atoms with E-state index >= 15 is 0 Å². The van der Waals surface area contributed by atoms with Gasteiger partial charge in [-0.05, 0) is 19.1 Å². The molecular formula is C12H14N2O2S2. The zero-order valence-electron chi connectivity index (χ0n) is 9.92. The Labute approximate surface area is 113 Å². The standard InChI is InChI=1S/C12H14N2O2S2/c1-8(15)6-13-11(16)7-17-12-14-9-4-2-3-5-10(9)18-12/h2-5,8,15H,6-7H2,1H3,(H,13,16)/t8-/m1/s1. The molecule has 0 unspecified atom stereocenters. The second kappa shape index (κ2) is 6.17. The largest absolute Gasteiger partial charge is 0.392 e. The van der Waals surface area contributed by atoms with Crippen molar-refractivity contribution >= 4 is 39.2 Å². The maximum Gasteiger partial charge on any atom is 0.230 e. The van der Waals surface area contributed by atoms with Crippen LogP contribution in [0.1, 0.15) is 6.92 Å². The minimum Gasteiger partial charge on any atom is -0.392 e. The molecule has 96 valence electrons. The summed E-state index contributed by atoms with van der Waals surface area (Å²) in [4.78, 5) is 15.9. The van der Waals surface area contributed by atoms with Crippen molar-refractivity contribution in [3.8, 4) is 0 Å². The lowest BCUT2D eigenvalue weighted by Gasteiger charge is -2.05. The number of hydrogen-bond donors (Lipinski definition) is 2. The molecule has 0 aliphatic heterocycles. The van der Waals surface area contributed by atoms with Crippen molar-refractivity contribution < 1.29 is 9.90 Å². The summed E-state index contributed by atoms with van der Waals surface area (Å²) in [7, 11) is 0. The Balaban J connectivity index is 1.88. The number of fused-ring (bicyclic) bond motifs is 1. The van der Waals surface area contributed by atoms with Gasteiger partial charge in [0, 0.05) is 6.54 Å². The summed E-state index contributed by atoms with van der Waals surface area (Å²) in [5.74, 6) is 0.243. The van der Waals surface area contributed by atoms with Crippen LogP contribution in [0.25, 0.3) is 10.2 Å². The summed E-state index contributed by atoms with van der Waals surface area (Å²) >= 11 is 3.01. The molecule has 0 aliphatic rings. The molecule has 2 aromatic rings. The van der Waals surface area contributed by atoms with E-state index in [1.165, 1.54) is 11.8 Å². The lowest BCUT2D eigenvalue weighted by molar-refractivity contribution is -0.118. The van der Waals surface area contributed by atoms with Gasteiger partial charge in [-0.15, -0.1) is 11.3 Å². The van der Waals surface area contributed by atoms with Crippen LogP contribution in [0.15, 0.2) is 28.6 Å². The molecule has 0 saturated carbocycles. The van der Waals surface area contributed by atoms with Gasteiger partial charge in [0.15, 0.2) is 4.34 Å². The highest BCUT2D eigenvalue weighted by atomic mass is 32.2. The van der Waals surface area contributed by atoms with Crippen LogP contribution in [0, 0.1) is 0 Å². The molecule has 4 nitrogen and oxygen atoms in total. The zero-order valence-corrected chi connectivity index (χ0v) is 11.6. The molecule has 0 saturated heterocycles. The van der Waals surface area contributed by atoms with Gasteiger partial charge in [-0.1, -0.05) is 23.9 Å². The molecule has 1 atom stereocenters. The molecular weight excluding hydrogens is 268 g/mol. The summed E-state index contributed by atoms with van der Waals surface area (Å²) in [6.45, 7) is 1.93. The van der Waals surface area contributed by atoms with E-state index in [2.05, 4.69) is 10.3 Å². The van der Waals surface area contributed by atoms with Gasteiger partial charge in [-0.25, -0.2) is 4.98 Å². The van der Waals surface area contributed by atoms with E-state index in [4.69, 9.17) is 5.11 Å². The molecule has 18 heavy (non-hydrogen) atoms. The van der Waals surface area contributed by atoms with Gasteiger partial charge in [-0.2, -0.15) is 0 Å². The van der Waals surface area contributed by atoms with Crippen LogP contribution in [-0.4, -0.2) is 34.4 Å². The highest BCUT2D eigenvalue weighted by Gasteiger charge is 2.07. The average molecular weight is 282 g/mol. The normalized spacial score (nSPS) is 12.6. The number of benzene rings is 1. The maximum atomic E-state index is 11.5. The van der Waals surface area contributed by atoms with Crippen LogP contribution in [0.3, 0.4) is 0 Å². The molecule has 2 rings (SSSR count). The number of para-hydroxylation sites is 1. The van der Waals surface area contributed by atoms with E-state index in [0.717, 1.165) is 14.6 Å². The van der Waals surface area contributed by atoms with Crippen LogP contribution < -0.4 is 5.32 Å². The summed E-state index contributed by atoms with van der Waals surface area (Å²) in [5.41, 5.74) is 0.967. The minimum absolute atomic E-state index is 0.0832. The van der Waals surface area contributed by atoms with Gasteiger partial charge in [0.2, 0.25) is 5.91 Å². The second-order valence-corrected chi connectivity index (χ2v) is 6.14. The molecule has 0 spiro atoms. The second-order valence-electron chi connectivity index (χ2n) is 3.89. The van der Waals surface area contributed by atoms with E-state index in [1.54, 1.807) is 18.3 Å². The quantitative estimate of drug-likeness (QED) is 0.822. The van der Waals surface area contributed by atoms with Crippen LogP contribution in [-0.2, 0) is 4.79 Å². The van der Waals surface area contributed by atoms with Crippen molar-refractivity contribution in [1.29, 1.82) is 0 Å². The van der Waals surface area contributed by atoms with Crippen LogP contribution in [0.2, 0.25) is 0 Å². The molecule has 1 aromatic carbocycles. The molecule has 0 bridgehead atoms. The van der Waals surface area contributed by atoms with Gasteiger partial charge in [-0.3, -0.25) is 4.79 Å². The van der Waals surface area contributed by atoms with Gasteiger partial charge in [0.25, 0.3) is 0 Å². The topological polar surface area (TPSA) is 62.2 Å². The number of rotatable bonds is 5. The van der Waals surface area contributed by atoms with Gasteiger partial charge < -0.3 is 10.4 Å². The first-order chi connectivity index (χ1) is 8.65. The van der Waals surface area contributed by atoms with Crippen molar-refractivity contribution in [2.75, 3.05) is 12.3 Å². The van der Waals surface area contributed by atoms with E-state index in [1.807, 2.05) is 24.3 Å². The number of aromatic nitrogens is 1. The Morgan fingerprint density at radius 2 is 2.33 bits per heavy atom. The van der Waals surface area contributed by atoms with Gasteiger partial charge in [0.05, 0.1) is 22.1 Å². The number of aliphatic hydroxyl groups is 1. The number of aliphatic hydroxyl groups excluding tert-OH is 1. The van der Waals surface area contributed by atoms with Crippen LogP contribution >= 0.6 is 23.1 Å². The Kier molecular flexibility index (Phi) is 4.57.